The summed E-state index contributed by atoms with van der Waals surface area (Å²) in [6.07, 6.45) is 10.0. The number of fused-ring (bicyclic) bond motifs is 1. The molecule has 4 heterocycles. The van der Waals surface area contributed by atoms with Gasteiger partial charge in [0.15, 0.2) is 5.65 Å². The van der Waals surface area contributed by atoms with Crippen molar-refractivity contribution >= 4 is 23.2 Å². The van der Waals surface area contributed by atoms with Crippen molar-refractivity contribution in [2.24, 2.45) is 0 Å². The molecule has 0 aliphatic carbocycles. The monoisotopic (exact) mass is 445 g/mol. The fraction of sp³-hybridized carbons (Fsp3) is 0.280. The minimum absolute atomic E-state index is 0.0135. The molecule has 5 rings (SSSR count). The van der Waals surface area contributed by atoms with Crippen LogP contribution in [0, 0.1) is 6.92 Å². The van der Waals surface area contributed by atoms with Gasteiger partial charge in [0.2, 0.25) is 0 Å². The van der Waals surface area contributed by atoms with Crippen molar-refractivity contribution in [2.75, 3.05) is 13.1 Å². The summed E-state index contributed by atoms with van der Waals surface area (Å²) in [5.41, 5.74) is 5.56. The van der Waals surface area contributed by atoms with Crippen molar-refractivity contribution in [3.05, 3.63) is 94.2 Å². The van der Waals surface area contributed by atoms with E-state index < -0.39 is 0 Å². The molecule has 1 fully saturated rings. The summed E-state index contributed by atoms with van der Waals surface area (Å²) in [6, 6.07) is 12.1. The Kier molecular flexibility index (Phi) is 5.62. The highest BCUT2D eigenvalue weighted by Gasteiger charge is 2.28. The van der Waals surface area contributed by atoms with Crippen LogP contribution in [-0.2, 0) is 6.42 Å². The second-order valence-electron chi connectivity index (χ2n) is 8.44. The smallest absolute Gasteiger partial charge is 0.259 e. The van der Waals surface area contributed by atoms with Gasteiger partial charge in [-0.25, -0.2) is 9.50 Å². The highest BCUT2D eigenvalue weighted by Crippen LogP contribution is 2.27. The molecule has 1 aliphatic heterocycles. The van der Waals surface area contributed by atoms with E-state index >= 15 is 0 Å². The average molecular weight is 446 g/mol. The Hall–Kier alpha value is -3.25. The van der Waals surface area contributed by atoms with Crippen LogP contribution in [0.15, 0.2) is 61.2 Å². The van der Waals surface area contributed by atoms with Crippen LogP contribution in [0.1, 0.15) is 51.5 Å². The molecular weight excluding hydrogens is 422 g/mol. The fourth-order valence-corrected chi connectivity index (χ4v) is 4.44. The van der Waals surface area contributed by atoms with E-state index in [-0.39, 0.29) is 11.8 Å². The lowest BCUT2D eigenvalue weighted by Gasteiger charge is -2.32. The molecular formula is C25H24ClN5O. The number of benzene rings is 1. The number of pyridine rings is 1. The van der Waals surface area contributed by atoms with Gasteiger partial charge in [0.1, 0.15) is 5.56 Å². The second-order valence-corrected chi connectivity index (χ2v) is 8.88. The lowest BCUT2D eigenvalue weighted by Crippen LogP contribution is -2.39. The standard InChI is InChI=1S/C25H24ClN5O/c1-17-12-28-24-22(14-29-31(24)15-17)25(32)30-10-2-3-20(16-30)23-9-6-19(13-27-23)11-18-4-7-21(26)8-5-18/h4-9,12-15,20H,2-3,10-11,16H2,1H3. The van der Waals surface area contributed by atoms with Gasteiger partial charge in [-0.05, 0) is 61.1 Å². The van der Waals surface area contributed by atoms with Gasteiger partial charge >= 0.3 is 0 Å². The quantitative estimate of drug-likeness (QED) is 0.457. The summed E-state index contributed by atoms with van der Waals surface area (Å²) in [5.74, 6) is 0.217. The van der Waals surface area contributed by atoms with E-state index in [0.29, 0.717) is 17.8 Å². The highest BCUT2D eigenvalue weighted by atomic mass is 35.5. The maximum atomic E-state index is 13.2. The number of rotatable bonds is 4. The van der Waals surface area contributed by atoms with E-state index in [0.717, 1.165) is 47.7 Å². The Bertz CT molecular complexity index is 1250. The Morgan fingerprint density at radius 2 is 1.88 bits per heavy atom. The number of piperidine rings is 1. The number of aryl methyl sites for hydroxylation is 1. The van der Waals surface area contributed by atoms with E-state index in [2.05, 4.69) is 22.2 Å². The molecule has 3 aromatic heterocycles. The Morgan fingerprint density at radius 3 is 2.66 bits per heavy atom. The third-order valence-electron chi connectivity index (χ3n) is 6.01. The van der Waals surface area contributed by atoms with Crippen molar-refractivity contribution < 1.29 is 4.79 Å². The molecule has 0 radical (unpaired) electrons. The molecule has 1 atom stereocenters. The lowest BCUT2D eigenvalue weighted by atomic mass is 9.93. The molecule has 162 valence electrons. The third-order valence-corrected chi connectivity index (χ3v) is 6.26. The molecule has 7 heteroatoms. The van der Waals surface area contributed by atoms with Gasteiger partial charge in [0.25, 0.3) is 5.91 Å². The molecule has 1 aromatic carbocycles. The van der Waals surface area contributed by atoms with Gasteiger partial charge in [0, 0.05) is 48.3 Å². The first-order valence-electron chi connectivity index (χ1n) is 10.9. The first kappa shape index (κ1) is 20.6. The third kappa shape index (κ3) is 4.23. The zero-order chi connectivity index (χ0) is 22.1. The number of amides is 1. The number of hydrogen-bond donors (Lipinski definition) is 0. The van der Waals surface area contributed by atoms with Crippen molar-refractivity contribution in [2.45, 2.75) is 32.1 Å². The van der Waals surface area contributed by atoms with Gasteiger partial charge in [0.05, 0.1) is 6.20 Å². The summed E-state index contributed by atoms with van der Waals surface area (Å²) in [6.45, 7) is 3.36. The molecule has 0 saturated carbocycles. The average Bonchev–Trinajstić information content (AvgIpc) is 3.23. The minimum atomic E-state index is -0.0135. The minimum Gasteiger partial charge on any atom is -0.338 e. The van der Waals surface area contributed by atoms with Gasteiger partial charge in [-0.15, -0.1) is 0 Å². The maximum Gasteiger partial charge on any atom is 0.259 e. The van der Waals surface area contributed by atoms with Crippen molar-refractivity contribution in [1.82, 2.24) is 24.5 Å². The first-order chi connectivity index (χ1) is 15.6. The Labute approximate surface area is 191 Å². The maximum absolute atomic E-state index is 13.2. The van der Waals surface area contributed by atoms with Crippen LogP contribution in [-0.4, -0.2) is 43.5 Å². The number of aromatic nitrogens is 4. The van der Waals surface area contributed by atoms with Crippen LogP contribution in [0.4, 0.5) is 0 Å². The van der Waals surface area contributed by atoms with Crippen LogP contribution in [0.3, 0.4) is 0 Å². The molecule has 1 saturated heterocycles. The molecule has 0 bridgehead atoms. The van der Waals surface area contributed by atoms with E-state index in [1.54, 1.807) is 16.9 Å². The predicted octanol–water partition coefficient (Wildman–Crippen LogP) is 4.70. The normalized spacial score (nSPS) is 16.4. The van der Waals surface area contributed by atoms with E-state index in [9.17, 15) is 4.79 Å². The van der Waals surface area contributed by atoms with Gasteiger partial charge < -0.3 is 4.90 Å². The van der Waals surface area contributed by atoms with E-state index in [1.807, 2.05) is 48.5 Å². The largest absolute Gasteiger partial charge is 0.338 e. The summed E-state index contributed by atoms with van der Waals surface area (Å²) in [7, 11) is 0. The van der Waals surface area contributed by atoms with Crippen molar-refractivity contribution in [3.8, 4) is 0 Å². The Morgan fingerprint density at radius 1 is 1.06 bits per heavy atom. The van der Waals surface area contributed by atoms with E-state index in [1.165, 1.54) is 5.56 Å². The molecule has 0 spiro atoms. The number of likely N-dealkylation sites (tertiary alicyclic amines) is 1. The number of carbonyl (C=O) groups is 1. The van der Waals surface area contributed by atoms with Crippen LogP contribution in [0.25, 0.3) is 5.65 Å². The molecule has 1 aliphatic rings. The van der Waals surface area contributed by atoms with Crippen LogP contribution >= 0.6 is 11.6 Å². The van der Waals surface area contributed by atoms with Crippen molar-refractivity contribution in [3.63, 3.8) is 0 Å². The second kappa shape index (κ2) is 8.71. The SMILES string of the molecule is Cc1cnc2c(C(=O)N3CCCC(c4ccc(Cc5ccc(Cl)cc5)cn4)C3)cnn2c1. The van der Waals surface area contributed by atoms with Crippen molar-refractivity contribution in [1.29, 1.82) is 0 Å². The van der Waals surface area contributed by atoms with Crippen LogP contribution < -0.4 is 0 Å². The van der Waals surface area contributed by atoms with Gasteiger partial charge in [-0.2, -0.15) is 5.10 Å². The predicted molar refractivity (Wildman–Crippen MR) is 124 cm³/mol. The molecule has 32 heavy (non-hydrogen) atoms. The van der Waals surface area contributed by atoms with E-state index in [4.69, 9.17) is 16.6 Å². The molecule has 4 aromatic rings. The van der Waals surface area contributed by atoms with Crippen LogP contribution in [0.5, 0.6) is 0 Å². The van der Waals surface area contributed by atoms with Gasteiger partial charge in [-0.1, -0.05) is 29.8 Å². The first-order valence-corrected chi connectivity index (χ1v) is 11.2. The summed E-state index contributed by atoms with van der Waals surface area (Å²) in [5, 5.41) is 5.05. The molecule has 0 N–H and O–H groups in total. The molecule has 1 amide bonds. The topological polar surface area (TPSA) is 63.4 Å². The number of nitrogens with zero attached hydrogens (tertiary/aromatic N) is 5. The van der Waals surface area contributed by atoms with Gasteiger partial charge in [-0.3, -0.25) is 9.78 Å². The number of hydrogen-bond acceptors (Lipinski definition) is 4. The molecule has 6 nitrogen and oxygen atoms in total. The summed E-state index contributed by atoms with van der Waals surface area (Å²) in [4.78, 5) is 24.3. The lowest BCUT2D eigenvalue weighted by molar-refractivity contribution is 0.0707. The Balaban J connectivity index is 1.29. The zero-order valence-corrected chi connectivity index (χ0v) is 18.7. The summed E-state index contributed by atoms with van der Waals surface area (Å²) >= 11 is 5.97. The number of carbonyl (C=O) groups excluding carboxylic acids is 1. The fourth-order valence-electron chi connectivity index (χ4n) is 4.31. The highest BCUT2D eigenvalue weighted by molar-refractivity contribution is 6.30. The molecule has 1 unspecified atom stereocenters. The van der Waals surface area contributed by atoms with Crippen LogP contribution in [0.2, 0.25) is 5.02 Å². The zero-order valence-electron chi connectivity index (χ0n) is 17.9. The summed E-state index contributed by atoms with van der Waals surface area (Å²) < 4.78 is 1.67. The number of halogens is 1.